The molecule has 0 bridgehead atoms. The molecule has 186 valence electrons. The average Bonchev–Trinajstić information content (AvgIpc) is 3.32. The van der Waals surface area contributed by atoms with Crippen molar-refractivity contribution in [1.29, 1.82) is 0 Å². The third kappa shape index (κ3) is 5.94. The van der Waals surface area contributed by atoms with E-state index in [0.717, 1.165) is 17.4 Å². The molecule has 35 heavy (non-hydrogen) atoms. The van der Waals surface area contributed by atoms with E-state index in [-0.39, 0.29) is 34.7 Å². The fraction of sp³-hybridized carbons (Fsp3) is 0.333. The van der Waals surface area contributed by atoms with Gasteiger partial charge in [0.2, 0.25) is 0 Å². The highest BCUT2D eigenvalue weighted by molar-refractivity contribution is 7.09. The topological polar surface area (TPSA) is 54.5 Å². The van der Waals surface area contributed by atoms with Gasteiger partial charge in [-0.1, -0.05) is 29.8 Å². The summed E-state index contributed by atoms with van der Waals surface area (Å²) in [7, 11) is 0. The SMILES string of the molecule is O=C(NCC(c1scnc1C(F)F)N1CCC(Oc2ccccc2F)CC1)c1c(F)cccc1Cl. The number of amides is 1. The maximum Gasteiger partial charge on any atom is 0.281 e. The second-order valence-electron chi connectivity index (χ2n) is 8.01. The Kier molecular flexibility index (Phi) is 8.25. The Morgan fingerprint density at radius 3 is 2.54 bits per heavy atom. The zero-order valence-electron chi connectivity index (χ0n) is 18.4. The van der Waals surface area contributed by atoms with Crippen LogP contribution in [0.2, 0.25) is 5.02 Å². The highest BCUT2D eigenvalue weighted by Crippen LogP contribution is 2.35. The van der Waals surface area contributed by atoms with Gasteiger partial charge < -0.3 is 10.1 Å². The van der Waals surface area contributed by atoms with Gasteiger partial charge in [-0.05, 0) is 37.1 Å². The number of hydrogen-bond donors (Lipinski definition) is 1. The normalized spacial score (nSPS) is 15.8. The Morgan fingerprint density at radius 2 is 1.86 bits per heavy atom. The van der Waals surface area contributed by atoms with Gasteiger partial charge >= 0.3 is 0 Å². The standard InChI is InChI=1S/C24H22ClF4N3O2S/c25-15-4-3-6-17(27)20(15)24(33)30-12-18(22-21(23(28)29)31-13-35-22)32-10-8-14(9-11-32)34-19-7-2-1-5-16(19)26/h1-7,13-14,18,23H,8-12H2,(H,30,33). The number of piperidine rings is 1. The summed E-state index contributed by atoms with van der Waals surface area (Å²) in [6, 6.07) is 9.43. The summed E-state index contributed by atoms with van der Waals surface area (Å²) in [6.45, 7) is 0.867. The first-order valence-electron chi connectivity index (χ1n) is 10.9. The summed E-state index contributed by atoms with van der Waals surface area (Å²) in [4.78, 5) is 18.8. The third-order valence-electron chi connectivity index (χ3n) is 5.83. The van der Waals surface area contributed by atoms with Crippen LogP contribution in [-0.4, -0.2) is 41.5 Å². The van der Waals surface area contributed by atoms with Crippen LogP contribution in [0.1, 0.15) is 46.2 Å². The van der Waals surface area contributed by atoms with Crippen LogP contribution in [0.3, 0.4) is 0 Å². The van der Waals surface area contributed by atoms with E-state index in [9.17, 15) is 22.4 Å². The highest BCUT2D eigenvalue weighted by Gasteiger charge is 2.32. The number of halogens is 5. The number of rotatable bonds is 8. The van der Waals surface area contributed by atoms with Crippen molar-refractivity contribution >= 4 is 28.8 Å². The van der Waals surface area contributed by atoms with Crippen molar-refractivity contribution in [1.82, 2.24) is 15.2 Å². The fourth-order valence-electron chi connectivity index (χ4n) is 4.08. The number of hydrogen-bond acceptors (Lipinski definition) is 5. The van der Waals surface area contributed by atoms with E-state index in [0.29, 0.717) is 30.8 Å². The van der Waals surface area contributed by atoms with Crippen LogP contribution >= 0.6 is 22.9 Å². The monoisotopic (exact) mass is 527 g/mol. The number of carbonyl (C=O) groups is 1. The van der Waals surface area contributed by atoms with Crippen LogP contribution in [0, 0.1) is 11.6 Å². The van der Waals surface area contributed by atoms with Gasteiger partial charge in [-0.25, -0.2) is 22.5 Å². The minimum absolute atomic E-state index is 0.0452. The second-order valence-corrected chi connectivity index (χ2v) is 9.30. The van der Waals surface area contributed by atoms with Crippen molar-refractivity contribution in [3.05, 3.63) is 80.8 Å². The minimum atomic E-state index is -2.78. The summed E-state index contributed by atoms with van der Waals surface area (Å²) in [5, 5.41) is 2.59. The lowest BCUT2D eigenvalue weighted by molar-refractivity contribution is 0.0684. The molecule has 1 aromatic heterocycles. The average molecular weight is 528 g/mol. The summed E-state index contributed by atoms with van der Waals surface area (Å²) in [5.41, 5.74) is 0.694. The van der Waals surface area contributed by atoms with E-state index in [1.54, 1.807) is 18.2 Å². The number of likely N-dealkylation sites (tertiary alicyclic amines) is 1. The highest BCUT2D eigenvalue weighted by atomic mass is 35.5. The van der Waals surface area contributed by atoms with E-state index in [4.69, 9.17) is 16.3 Å². The quantitative estimate of drug-likeness (QED) is 0.364. The Bertz CT molecular complexity index is 1150. The summed E-state index contributed by atoms with van der Waals surface area (Å²) in [6.07, 6.45) is -1.97. The van der Waals surface area contributed by atoms with Crippen molar-refractivity contribution in [2.24, 2.45) is 0 Å². The van der Waals surface area contributed by atoms with E-state index >= 15 is 0 Å². The first-order valence-corrected chi connectivity index (χ1v) is 12.2. The van der Waals surface area contributed by atoms with E-state index in [2.05, 4.69) is 10.3 Å². The van der Waals surface area contributed by atoms with Gasteiger partial charge in [-0.3, -0.25) is 9.69 Å². The number of nitrogens with zero attached hydrogens (tertiary/aromatic N) is 2. The molecule has 2 heterocycles. The molecule has 0 spiro atoms. The summed E-state index contributed by atoms with van der Waals surface area (Å²) in [5.74, 6) is -1.80. The number of nitrogens with one attached hydrogen (secondary N) is 1. The van der Waals surface area contributed by atoms with Crippen LogP contribution in [0.5, 0.6) is 5.75 Å². The second kappa shape index (κ2) is 11.4. The zero-order chi connectivity index (χ0) is 24.9. The molecule has 0 saturated carbocycles. The van der Waals surface area contributed by atoms with Crippen LogP contribution in [0.15, 0.2) is 48.0 Å². The minimum Gasteiger partial charge on any atom is -0.487 e. The molecule has 1 aliphatic heterocycles. The molecule has 1 atom stereocenters. The molecule has 11 heteroatoms. The maximum absolute atomic E-state index is 14.2. The van der Waals surface area contributed by atoms with Gasteiger partial charge in [0.25, 0.3) is 12.3 Å². The molecule has 4 rings (SSSR count). The van der Waals surface area contributed by atoms with Gasteiger partial charge in [-0.15, -0.1) is 11.3 Å². The maximum atomic E-state index is 14.2. The number of para-hydroxylation sites is 1. The molecule has 0 radical (unpaired) electrons. The molecule has 2 aromatic carbocycles. The molecule has 1 fully saturated rings. The van der Waals surface area contributed by atoms with Crippen LogP contribution < -0.4 is 10.1 Å². The van der Waals surface area contributed by atoms with Gasteiger partial charge in [0.05, 0.1) is 27.0 Å². The zero-order valence-corrected chi connectivity index (χ0v) is 20.0. The predicted molar refractivity (Wildman–Crippen MR) is 125 cm³/mol. The van der Waals surface area contributed by atoms with Crippen LogP contribution in [0.4, 0.5) is 17.6 Å². The molecule has 3 aromatic rings. The van der Waals surface area contributed by atoms with E-state index in [1.807, 2.05) is 4.90 Å². The summed E-state index contributed by atoms with van der Waals surface area (Å²) >= 11 is 7.06. The number of carbonyl (C=O) groups excluding carboxylic acids is 1. The number of thiazole rings is 1. The molecule has 0 aliphatic carbocycles. The first-order chi connectivity index (χ1) is 16.8. The lowest BCUT2D eigenvalue weighted by Gasteiger charge is -2.37. The molecule has 1 N–H and O–H groups in total. The molecular weight excluding hydrogens is 506 g/mol. The number of aromatic nitrogens is 1. The number of benzene rings is 2. The van der Waals surface area contributed by atoms with Crippen molar-refractivity contribution in [2.75, 3.05) is 19.6 Å². The van der Waals surface area contributed by atoms with E-state index in [1.165, 1.54) is 23.7 Å². The lowest BCUT2D eigenvalue weighted by Crippen LogP contribution is -2.44. The predicted octanol–water partition coefficient (Wildman–Crippen LogP) is 6.03. The van der Waals surface area contributed by atoms with Crippen molar-refractivity contribution < 1.29 is 27.1 Å². The Labute approximate surface area is 208 Å². The van der Waals surface area contributed by atoms with Crippen LogP contribution in [-0.2, 0) is 0 Å². The largest absolute Gasteiger partial charge is 0.487 e. The molecule has 5 nitrogen and oxygen atoms in total. The van der Waals surface area contributed by atoms with Gasteiger partial charge in [0.1, 0.15) is 17.6 Å². The van der Waals surface area contributed by atoms with Crippen molar-refractivity contribution in [2.45, 2.75) is 31.4 Å². The number of alkyl halides is 2. The molecule has 1 aliphatic rings. The Hall–Kier alpha value is -2.69. The lowest BCUT2D eigenvalue weighted by atomic mass is 10.0. The molecule has 1 saturated heterocycles. The molecular formula is C24H22ClF4N3O2S. The Balaban J connectivity index is 1.48. The van der Waals surface area contributed by atoms with Gasteiger partial charge in [0.15, 0.2) is 11.6 Å². The first kappa shape index (κ1) is 25.4. The smallest absolute Gasteiger partial charge is 0.281 e. The van der Waals surface area contributed by atoms with Crippen molar-refractivity contribution in [3.63, 3.8) is 0 Å². The Morgan fingerprint density at radius 1 is 1.14 bits per heavy atom. The fourth-order valence-corrected chi connectivity index (χ4v) is 5.26. The third-order valence-corrected chi connectivity index (χ3v) is 7.09. The van der Waals surface area contributed by atoms with Crippen molar-refractivity contribution in [3.8, 4) is 5.75 Å². The van der Waals surface area contributed by atoms with Crippen LogP contribution in [0.25, 0.3) is 0 Å². The molecule has 1 amide bonds. The van der Waals surface area contributed by atoms with E-state index < -0.39 is 30.0 Å². The number of ether oxygens (including phenoxy) is 1. The summed E-state index contributed by atoms with van der Waals surface area (Å²) < 4.78 is 61.1. The van der Waals surface area contributed by atoms with Gasteiger partial charge in [0, 0.05) is 19.6 Å². The molecule has 1 unspecified atom stereocenters. The van der Waals surface area contributed by atoms with Gasteiger partial charge in [-0.2, -0.15) is 0 Å².